The third-order valence-electron chi connectivity index (χ3n) is 10.2. The van der Waals surface area contributed by atoms with Crippen molar-refractivity contribution in [1.82, 2.24) is 0 Å². The van der Waals surface area contributed by atoms with Gasteiger partial charge >= 0.3 is 17.9 Å². The maximum absolute atomic E-state index is 12.7. The average molecular weight is 737 g/mol. The van der Waals surface area contributed by atoms with Gasteiger partial charge in [0.1, 0.15) is 13.2 Å². The zero-order valence-electron chi connectivity index (χ0n) is 35.4. The van der Waals surface area contributed by atoms with Gasteiger partial charge in [-0.05, 0) is 31.1 Å². The van der Waals surface area contributed by atoms with Crippen molar-refractivity contribution >= 4 is 17.9 Å². The van der Waals surface area contributed by atoms with E-state index in [1.54, 1.807) is 0 Å². The molecule has 0 aliphatic rings. The average Bonchev–Trinajstić information content (AvgIpc) is 3.11. The lowest BCUT2D eigenvalue weighted by Crippen LogP contribution is -2.30. The van der Waals surface area contributed by atoms with Crippen LogP contribution < -0.4 is 0 Å². The van der Waals surface area contributed by atoms with Gasteiger partial charge in [0.25, 0.3) is 0 Å². The number of rotatable bonds is 40. The van der Waals surface area contributed by atoms with Gasteiger partial charge < -0.3 is 14.2 Å². The van der Waals surface area contributed by atoms with Gasteiger partial charge in [-0.1, -0.05) is 208 Å². The standard InChI is InChI=1S/C46H88O6/c1-6-7-8-24-31-36-44(47)50-39-43(52-46(49)38-33-28-23-19-15-14-17-21-26-30-35-42(4)5)40-51-45(48)37-32-27-22-18-13-11-9-10-12-16-20-25-29-34-41(2)3/h41-43H,6-40H2,1-5H3/t43-/m1/s1. The molecule has 0 fully saturated rings. The molecule has 0 N–H and O–H groups in total. The monoisotopic (exact) mass is 737 g/mol. The van der Waals surface area contributed by atoms with Gasteiger partial charge in [0, 0.05) is 19.3 Å². The fraction of sp³-hybridized carbons (Fsp3) is 0.935. The fourth-order valence-corrected chi connectivity index (χ4v) is 6.75. The second-order valence-electron chi connectivity index (χ2n) is 16.6. The van der Waals surface area contributed by atoms with Crippen LogP contribution in [0.1, 0.15) is 247 Å². The lowest BCUT2D eigenvalue weighted by molar-refractivity contribution is -0.167. The van der Waals surface area contributed by atoms with E-state index in [0.717, 1.165) is 76.0 Å². The van der Waals surface area contributed by atoms with Crippen LogP contribution in [0.3, 0.4) is 0 Å². The second kappa shape index (κ2) is 39.1. The number of esters is 3. The van der Waals surface area contributed by atoms with Crippen molar-refractivity contribution in [3.63, 3.8) is 0 Å². The molecular weight excluding hydrogens is 649 g/mol. The Morgan fingerprint density at radius 1 is 0.365 bits per heavy atom. The zero-order chi connectivity index (χ0) is 38.3. The maximum Gasteiger partial charge on any atom is 0.306 e. The summed E-state index contributed by atoms with van der Waals surface area (Å²) in [4.78, 5) is 37.5. The normalized spacial score (nSPS) is 12.1. The number of ether oxygens (including phenoxy) is 3. The van der Waals surface area contributed by atoms with E-state index in [1.165, 1.54) is 128 Å². The van der Waals surface area contributed by atoms with Crippen LogP contribution in [-0.4, -0.2) is 37.2 Å². The van der Waals surface area contributed by atoms with E-state index >= 15 is 0 Å². The molecule has 1 atom stereocenters. The van der Waals surface area contributed by atoms with Gasteiger partial charge in [-0.2, -0.15) is 0 Å². The molecule has 0 aromatic carbocycles. The molecule has 0 saturated carbocycles. The Balaban J connectivity index is 4.17. The van der Waals surface area contributed by atoms with Crippen LogP contribution in [-0.2, 0) is 28.6 Å². The molecule has 0 aliphatic heterocycles. The molecule has 308 valence electrons. The first-order valence-electron chi connectivity index (χ1n) is 22.7. The van der Waals surface area contributed by atoms with Gasteiger partial charge in [-0.15, -0.1) is 0 Å². The van der Waals surface area contributed by atoms with Gasteiger partial charge in [0.15, 0.2) is 6.10 Å². The van der Waals surface area contributed by atoms with Crippen molar-refractivity contribution in [1.29, 1.82) is 0 Å². The number of unbranched alkanes of at least 4 members (excludes halogenated alkanes) is 25. The molecule has 0 aliphatic carbocycles. The first kappa shape index (κ1) is 50.4. The van der Waals surface area contributed by atoms with Gasteiger partial charge in [0.05, 0.1) is 0 Å². The molecule has 0 saturated heterocycles. The van der Waals surface area contributed by atoms with Crippen LogP contribution in [0.25, 0.3) is 0 Å². The SMILES string of the molecule is CCCCCCCC(=O)OC[C@H](COC(=O)CCCCCCCCCCCCCCCC(C)C)OC(=O)CCCCCCCCCCCCC(C)C. The van der Waals surface area contributed by atoms with Crippen LogP contribution in [0, 0.1) is 11.8 Å². The first-order valence-corrected chi connectivity index (χ1v) is 22.7. The highest BCUT2D eigenvalue weighted by atomic mass is 16.6. The van der Waals surface area contributed by atoms with Crippen molar-refractivity contribution in [2.24, 2.45) is 11.8 Å². The molecule has 0 unspecified atom stereocenters. The van der Waals surface area contributed by atoms with Gasteiger partial charge in [0.2, 0.25) is 0 Å². The summed E-state index contributed by atoms with van der Waals surface area (Å²) in [6.07, 6.45) is 36.9. The summed E-state index contributed by atoms with van der Waals surface area (Å²) in [5.41, 5.74) is 0. The van der Waals surface area contributed by atoms with Crippen LogP contribution in [0.4, 0.5) is 0 Å². The number of hydrogen-bond acceptors (Lipinski definition) is 6. The summed E-state index contributed by atoms with van der Waals surface area (Å²) < 4.78 is 16.6. The summed E-state index contributed by atoms with van der Waals surface area (Å²) in [7, 11) is 0. The largest absolute Gasteiger partial charge is 0.462 e. The highest BCUT2D eigenvalue weighted by molar-refractivity contribution is 5.71. The van der Waals surface area contributed by atoms with E-state index in [1.807, 2.05) is 0 Å². The number of carbonyl (C=O) groups excluding carboxylic acids is 3. The topological polar surface area (TPSA) is 78.9 Å². The van der Waals surface area contributed by atoms with E-state index in [4.69, 9.17) is 14.2 Å². The van der Waals surface area contributed by atoms with E-state index < -0.39 is 6.10 Å². The maximum atomic E-state index is 12.7. The van der Waals surface area contributed by atoms with Crippen LogP contribution in [0.15, 0.2) is 0 Å². The highest BCUT2D eigenvalue weighted by Gasteiger charge is 2.19. The summed E-state index contributed by atoms with van der Waals surface area (Å²) in [6, 6.07) is 0. The zero-order valence-corrected chi connectivity index (χ0v) is 35.4. The minimum atomic E-state index is -0.758. The molecule has 0 heterocycles. The minimum absolute atomic E-state index is 0.0657. The van der Waals surface area contributed by atoms with Crippen molar-refractivity contribution in [2.75, 3.05) is 13.2 Å². The second-order valence-corrected chi connectivity index (χ2v) is 16.6. The third-order valence-corrected chi connectivity index (χ3v) is 10.2. The van der Waals surface area contributed by atoms with Crippen molar-refractivity contribution in [2.45, 2.75) is 253 Å². The van der Waals surface area contributed by atoms with Crippen molar-refractivity contribution < 1.29 is 28.6 Å². The summed E-state index contributed by atoms with van der Waals surface area (Å²) >= 11 is 0. The molecule has 0 radical (unpaired) electrons. The van der Waals surface area contributed by atoms with Crippen LogP contribution in [0.5, 0.6) is 0 Å². The summed E-state index contributed by atoms with van der Waals surface area (Å²) in [5, 5.41) is 0. The van der Waals surface area contributed by atoms with E-state index in [9.17, 15) is 14.4 Å². The summed E-state index contributed by atoms with van der Waals surface area (Å²) in [6.45, 7) is 11.3. The third kappa shape index (κ3) is 39.6. The molecule has 0 rings (SSSR count). The van der Waals surface area contributed by atoms with Gasteiger partial charge in [-0.25, -0.2) is 0 Å². The smallest absolute Gasteiger partial charge is 0.306 e. The number of carbonyl (C=O) groups is 3. The Kier molecular flexibility index (Phi) is 37.9. The fourth-order valence-electron chi connectivity index (χ4n) is 6.75. The number of hydrogen-bond donors (Lipinski definition) is 0. The predicted molar refractivity (Wildman–Crippen MR) is 220 cm³/mol. The summed E-state index contributed by atoms with van der Waals surface area (Å²) in [5.74, 6) is 0.785. The lowest BCUT2D eigenvalue weighted by atomic mass is 10.0. The first-order chi connectivity index (χ1) is 25.2. The highest BCUT2D eigenvalue weighted by Crippen LogP contribution is 2.16. The van der Waals surface area contributed by atoms with Crippen LogP contribution in [0.2, 0.25) is 0 Å². The Labute approximate surface area is 323 Å². The molecule has 0 bridgehead atoms. The molecular formula is C46H88O6. The van der Waals surface area contributed by atoms with E-state index in [2.05, 4.69) is 34.6 Å². The molecule has 0 aromatic rings. The molecule has 0 amide bonds. The minimum Gasteiger partial charge on any atom is -0.462 e. The Morgan fingerprint density at radius 2 is 0.635 bits per heavy atom. The lowest BCUT2D eigenvalue weighted by Gasteiger charge is -2.18. The molecule has 0 spiro atoms. The molecule has 52 heavy (non-hydrogen) atoms. The van der Waals surface area contributed by atoms with Gasteiger partial charge in [-0.3, -0.25) is 14.4 Å². The Hall–Kier alpha value is -1.59. The van der Waals surface area contributed by atoms with E-state index in [0.29, 0.717) is 19.3 Å². The quantitative estimate of drug-likeness (QED) is 0.0354. The molecule has 6 heteroatoms. The van der Waals surface area contributed by atoms with Crippen LogP contribution >= 0.6 is 0 Å². The Bertz CT molecular complexity index is 794. The van der Waals surface area contributed by atoms with Crippen molar-refractivity contribution in [3.8, 4) is 0 Å². The molecule has 0 aromatic heterocycles. The van der Waals surface area contributed by atoms with Crippen molar-refractivity contribution in [3.05, 3.63) is 0 Å². The Morgan fingerprint density at radius 3 is 0.942 bits per heavy atom. The molecule has 6 nitrogen and oxygen atoms in total. The van der Waals surface area contributed by atoms with E-state index in [-0.39, 0.29) is 31.1 Å². The predicted octanol–water partition coefficient (Wildman–Crippen LogP) is 14.2.